The molecule has 8 nitrogen and oxygen atoms in total. The van der Waals surface area contributed by atoms with E-state index in [1.165, 1.54) is 52.6 Å². The molecule has 0 amide bonds. The summed E-state index contributed by atoms with van der Waals surface area (Å²) in [5, 5.41) is 6.98. The van der Waals surface area contributed by atoms with Gasteiger partial charge in [0.15, 0.2) is 0 Å². The molecular weight excluding hydrogens is 284 g/mol. The highest BCUT2D eigenvalue weighted by Crippen LogP contribution is 2.17. The van der Waals surface area contributed by atoms with E-state index in [2.05, 4.69) is 5.59 Å². The van der Waals surface area contributed by atoms with Gasteiger partial charge in [0.1, 0.15) is 6.26 Å². The molecule has 104 valence electrons. The topological polar surface area (TPSA) is 107 Å². The lowest BCUT2D eigenvalue weighted by Gasteiger charge is -2.18. The Balaban J connectivity index is 2.28. The van der Waals surface area contributed by atoms with Gasteiger partial charge in [0.25, 0.3) is 5.56 Å². The van der Waals surface area contributed by atoms with Crippen LogP contribution in [0.5, 0.6) is 0 Å². The predicted octanol–water partition coefficient (Wildman–Crippen LogP) is -0.492. The third kappa shape index (κ3) is 2.03. The zero-order valence-corrected chi connectivity index (χ0v) is 10.9. The fourth-order valence-electron chi connectivity index (χ4n) is 1.92. The summed E-state index contributed by atoms with van der Waals surface area (Å²) >= 11 is 0. The fraction of sp³-hybridized carbons (Fsp3) is 0. The second-order valence-corrected chi connectivity index (χ2v) is 5.65. The molecule has 0 aliphatic carbocycles. The van der Waals surface area contributed by atoms with Crippen LogP contribution in [0.2, 0.25) is 0 Å². The average Bonchev–Trinajstić information content (AvgIpc) is 2.90. The van der Waals surface area contributed by atoms with Gasteiger partial charge in [-0.3, -0.25) is 4.79 Å². The van der Waals surface area contributed by atoms with Crippen LogP contribution in [0.25, 0.3) is 10.9 Å². The largest absolute Gasteiger partial charge is 0.394 e. The molecule has 1 aromatic heterocycles. The van der Waals surface area contributed by atoms with Crippen molar-refractivity contribution in [2.45, 2.75) is 4.90 Å². The first kappa shape index (κ1) is 12.7. The summed E-state index contributed by atoms with van der Waals surface area (Å²) in [6, 6.07) is 7.10. The normalized spacial score (nSPS) is 14.8. The number of sulfonamides is 1. The van der Waals surface area contributed by atoms with Gasteiger partial charge in [-0.15, -0.1) is 0 Å². The van der Waals surface area contributed by atoms with Crippen molar-refractivity contribution in [3.8, 4) is 0 Å². The molecule has 2 heterocycles. The number of hydrogen-bond acceptors (Lipinski definition) is 6. The van der Waals surface area contributed by atoms with Crippen LogP contribution in [0, 0.1) is 0 Å². The van der Waals surface area contributed by atoms with E-state index in [9.17, 15) is 13.2 Å². The van der Waals surface area contributed by atoms with Crippen molar-refractivity contribution >= 4 is 20.9 Å². The zero-order chi connectivity index (χ0) is 14.3. The molecule has 1 aromatic carbocycles. The monoisotopic (exact) mass is 294 g/mol. The molecule has 3 rings (SSSR count). The van der Waals surface area contributed by atoms with E-state index in [0.29, 0.717) is 10.9 Å². The number of rotatable bonds is 2. The number of hydrazine groups is 1. The number of pyridine rings is 1. The Morgan fingerprint density at radius 2 is 2.00 bits per heavy atom. The number of benzene rings is 1. The summed E-state index contributed by atoms with van der Waals surface area (Å²) in [6.45, 7) is 0. The smallest absolute Gasteiger partial charge is 0.271 e. The number of nitrogens with two attached hydrogens (primary N) is 1. The van der Waals surface area contributed by atoms with Crippen molar-refractivity contribution in [2.75, 3.05) is 5.12 Å². The molecule has 0 unspecified atom stereocenters. The number of nitrogens with zero attached hydrogens (tertiary/aromatic N) is 2. The standard InChI is InChI=1S/C11H10N4O4S/c12-20(17,18)9-2-3-10-8(7-9)1-4-11(16)15(10)14-5-6-19-13-14/h1-7,13H,(H2,12,17,18). The van der Waals surface area contributed by atoms with E-state index < -0.39 is 10.0 Å². The third-order valence-corrected chi connectivity index (χ3v) is 3.71. The lowest BCUT2D eigenvalue weighted by molar-refractivity contribution is 0.140. The average molecular weight is 294 g/mol. The Kier molecular flexibility index (Phi) is 2.74. The Morgan fingerprint density at radius 3 is 2.65 bits per heavy atom. The Labute approximate surface area is 113 Å². The fourth-order valence-corrected chi connectivity index (χ4v) is 2.47. The third-order valence-electron chi connectivity index (χ3n) is 2.80. The van der Waals surface area contributed by atoms with Crippen molar-refractivity contribution in [2.24, 2.45) is 5.14 Å². The number of primary sulfonamides is 1. The summed E-state index contributed by atoms with van der Waals surface area (Å²) < 4.78 is 24.0. The quantitative estimate of drug-likeness (QED) is 0.774. The Morgan fingerprint density at radius 1 is 1.20 bits per heavy atom. The zero-order valence-electron chi connectivity index (χ0n) is 10.1. The van der Waals surface area contributed by atoms with Crippen molar-refractivity contribution in [3.05, 3.63) is 53.1 Å². The second kappa shape index (κ2) is 4.34. The molecule has 1 aliphatic rings. The Hall–Kier alpha value is -2.36. The van der Waals surface area contributed by atoms with Gasteiger partial charge in [-0.25, -0.2) is 13.6 Å². The molecule has 0 radical (unpaired) electrons. The molecule has 0 atom stereocenters. The molecular formula is C11H10N4O4S. The highest BCUT2D eigenvalue weighted by molar-refractivity contribution is 7.89. The summed E-state index contributed by atoms with van der Waals surface area (Å²) in [7, 11) is -3.79. The van der Waals surface area contributed by atoms with Crippen LogP contribution in [-0.4, -0.2) is 13.1 Å². The van der Waals surface area contributed by atoms with Crippen LogP contribution < -0.4 is 21.4 Å². The van der Waals surface area contributed by atoms with Crippen molar-refractivity contribution in [3.63, 3.8) is 0 Å². The molecule has 20 heavy (non-hydrogen) atoms. The minimum absolute atomic E-state index is 0.0172. The van der Waals surface area contributed by atoms with Crippen LogP contribution in [0.3, 0.4) is 0 Å². The highest BCUT2D eigenvalue weighted by atomic mass is 32.2. The maximum Gasteiger partial charge on any atom is 0.271 e. The second-order valence-electron chi connectivity index (χ2n) is 4.09. The number of fused-ring (bicyclic) bond motifs is 1. The van der Waals surface area contributed by atoms with Gasteiger partial charge in [-0.1, -0.05) is 0 Å². The number of nitrogens with one attached hydrogen (secondary N) is 1. The van der Waals surface area contributed by atoms with Gasteiger partial charge in [-0.2, -0.15) is 9.79 Å². The van der Waals surface area contributed by atoms with Crippen molar-refractivity contribution in [1.29, 1.82) is 0 Å². The first-order chi connectivity index (χ1) is 9.47. The molecule has 9 heteroatoms. The van der Waals surface area contributed by atoms with Crippen LogP contribution >= 0.6 is 0 Å². The molecule has 1 aliphatic heterocycles. The van der Waals surface area contributed by atoms with E-state index in [1.807, 2.05) is 0 Å². The van der Waals surface area contributed by atoms with Gasteiger partial charge in [0, 0.05) is 11.5 Å². The molecule has 2 aromatic rings. The SMILES string of the molecule is NS(=O)(=O)c1ccc2c(ccc(=O)n2N2C=CON2)c1. The maximum absolute atomic E-state index is 12.0. The van der Waals surface area contributed by atoms with E-state index in [4.69, 9.17) is 9.98 Å². The first-order valence-corrected chi connectivity index (χ1v) is 7.07. The highest BCUT2D eigenvalue weighted by Gasteiger charge is 2.14. The van der Waals surface area contributed by atoms with Gasteiger partial charge < -0.3 is 4.84 Å². The van der Waals surface area contributed by atoms with Crippen LogP contribution in [0.15, 0.2) is 52.5 Å². The van der Waals surface area contributed by atoms with Crippen LogP contribution in [-0.2, 0) is 14.9 Å². The Bertz CT molecular complexity index is 872. The van der Waals surface area contributed by atoms with Crippen LogP contribution in [0.4, 0.5) is 0 Å². The predicted molar refractivity (Wildman–Crippen MR) is 71.2 cm³/mol. The van der Waals surface area contributed by atoms with Gasteiger partial charge in [0.05, 0.1) is 16.6 Å². The van der Waals surface area contributed by atoms with E-state index >= 15 is 0 Å². The molecule has 0 saturated carbocycles. The van der Waals surface area contributed by atoms with Gasteiger partial charge in [0.2, 0.25) is 10.0 Å². The summed E-state index contributed by atoms with van der Waals surface area (Å²) in [5.74, 6) is 0. The lowest BCUT2D eigenvalue weighted by atomic mass is 10.2. The molecule has 0 bridgehead atoms. The van der Waals surface area contributed by atoms with Gasteiger partial charge in [-0.05, 0) is 29.9 Å². The summed E-state index contributed by atoms with van der Waals surface area (Å²) in [6.07, 6.45) is 2.87. The number of aromatic nitrogens is 1. The summed E-state index contributed by atoms with van der Waals surface area (Å²) in [4.78, 5) is 16.7. The number of hydrogen-bond donors (Lipinski definition) is 2. The first-order valence-electron chi connectivity index (χ1n) is 5.53. The van der Waals surface area contributed by atoms with E-state index in [0.717, 1.165) is 0 Å². The molecule has 0 spiro atoms. The molecule has 0 saturated heterocycles. The minimum atomic E-state index is -3.79. The van der Waals surface area contributed by atoms with Crippen molar-refractivity contribution < 1.29 is 13.3 Å². The van der Waals surface area contributed by atoms with E-state index in [1.54, 1.807) is 0 Å². The minimum Gasteiger partial charge on any atom is -0.394 e. The molecule has 0 fully saturated rings. The van der Waals surface area contributed by atoms with Gasteiger partial charge >= 0.3 is 0 Å². The maximum atomic E-state index is 12.0. The van der Waals surface area contributed by atoms with Crippen molar-refractivity contribution in [1.82, 2.24) is 10.3 Å². The summed E-state index contributed by atoms with van der Waals surface area (Å²) in [5.41, 5.74) is 2.70. The lowest BCUT2D eigenvalue weighted by Crippen LogP contribution is -2.44. The molecule has 3 N–H and O–H groups in total. The van der Waals surface area contributed by atoms with E-state index in [-0.39, 0.29) is 10.5 Å². The van der Waals surface area contributed by atoms with Crippen LogP contribution in [0.1, 0.15) is 0 Å².